The molecule has 1 saturated heterocycles. The topological polar surface area (TPSA) is 123 Å². The number of imidazole rings is 1. The van der Waals surface area contributed by atoms with E-state index in [0.717, 1.165) is 22.7 Å². The Morgan fingerprint density at radius 2 is 1.63 bits per heavy atom. The van der Waals surface area contributed by atoms with Crippen LogP contribution in [0.1, 0.15) is 0 Å². The van der Waals surface area contributed by atoms with Gasteiger partial charge in [0.2, 0.25) is 0 Å². The summed E-state index contributed by atoms with van der Waals surface area (Å²) in [4.78, 5) is 9.53. The summed E-state index contributed by atoms with van der Waals surface area (Å²) >= 11 is 6.83. The Kier molecular flexibility index (Phi) is 11.0. The zero-order chi connectivity index (χ0) is 33.1. The predicted octanol–water partition coefficient (Wildman–Crippen LogP) is 6.00. The number of rotatable bonds is 14. The van der Waals surface area contributed by atoms with Gasteiger partial charge in [-0.3, -0.25) is 9.13 Å². The Hall–Kier alpha value is -2.64. The van der Waals surface area contributed by atoms with Crippen LogP contribution in [0.5, 0.6) is 6.01 Å². The van der Waals surface area contributed by atoms with Gasteiger partial charge in [0, 0.05) is 41.6 Å². The number of nitrogens with zero attached hydrogens (tertiary/aromatic N) is 3. The Labute approximate surface area is 275 Å². The minimum atomic E-state index is -3.32. The molecule has 1 aliphatic rings. The van der Waals surface area contributed by atoms with E-state index in [-0.39, 0.29) is 26.0 Å². The third-order valence-electron chi connectivity index (χ3n) is 7.86. The molecule has 0 radical (unpaired) electrons. The molecule has 4 aromatic rings. The van der Waals surface area contributed by atoms with E-state index >= 15 is 0 Å². The molecule has 3 heterocycles. The molecule has 5 rings (SSSR count). The van der Waals surface area contributed by atoms with E-state index in [9.17, 15) is 9.67 Å². The quantitative estimate of drug-likeness (QED) is 0.0959. The molecule has 1 aliphatic heterocycles. The summed E-state index contributed by atoms with van der Waals surface area (Å²) < 4.78 is 47.8. The number of fused-ring (bicyclic) bond motifs is 1. The highest BCUT2D eigenvalue weighted by Gasteiger charge is 2.38. The molecule has 0 saturated carbocycles. The van der Waals surface area contributed by atoms with Gasteiger partial charge >= 0.3 is 13.6 Å². The summed E-state index contributed by atoms with van der Waals surface area (Å²) in [6.45, 7) is 8.14. The molecule has 14 heteroatoms. The summed E-state index contributed by atoms with van der Waals surface area (Å²) in [6, 6.07) is 18.1. The number of aromatic nitrogens is 3. The largest absolute Gasteiger partial charge is 0.456 e. The molecule has 1 N–H and O–H groups in total. The van der Waals surface area contributed by atoms with E-state index in [0.29, 0.717) is 33.8 Å². The number of ether oxygens (including phenoxy) is 4. The molecule has 46 heavy (non-hydrogen) atoms. The van der Waals surface area contributed by atoms with Crippen molar-refractivity contribution >= 4 is 43.7 Å². The van der Waals surface area contributed by atoms with E-state index < -0.39 is 34.0 Å². The van der Waals surface area contributed by atoms with Crippen molar-refractivity contribution in [2.45, 2.75) is 50.7 Å². The summed E-state index contributed by atoms with van der Waals surface area (Å²) in [6.07, 6.45) is -2.00. The van der Waals surface area contributed by atoms with E-state index in [4.69, 9.17) is 49.6 Å². The Morgan fingerprint density at radius 3 is 2.24 bits per heavy atom. The molecule has 1 fully saturated rings. The van der Waals surface area contributed by atoms with Crippen LogP contribution in [0.4, 0.5) is 0 Å². The lowest BCUT2D eigenvalue weighted by Gasteiger charge is -2.19. The van der Waals surface area contributed by atoms with E-state index in [1.54, 1.807) is 23.8 Å². The van der Waals surface area contributed by atoms with Gasteiger partial charge in [0.25, 0.3) is 0 Å². The lowest BCUT2D eigenvalue weighted by molar-refractivity contribution is -0.0171. The van der Waals surface area contributed by atoms with Crippen molar-refractivity contribution in [3.05, 3.63) is 59.6 Å². The lowest BCUT2D eigenvalue weighted by atomic mass is 10.0. The van der Waals surface area contributed by atoms with Crippen LogP contribution in [0.15, 0.2) is 54.6 Å². The van der Waals surface area contributed by atoms with Crippen molar-refractivity contribution in [2.75, 3.05) is 41.2 Å². The zero-order valence-electron chi connectivity index (χ0n) is 26.9. The standard InChI is InChI=1S/C32H41ClN3O8PSi/c1-39-18-27-30(37)28(19-43-27)44-32-35-31-26(36(32)20-42-15-16-46(4,5)6)17-25(33)29(34-31)23-9-7-21(8-10-23)22-11-13-24(14-12-22)45(38,40-2)41-3/h7-14,17,27-28,30,37H,15-16,18-20H2,1-6H3/t27-,28+,30-/m1/s1. The molecule has 3 atom stereocenters. The maximum atomic E-state index is 12.7. The van der Waals surface area contributed by atoms with Gasteiger partial charge in [0.15, 0.2) is 11.8 Å². The molecule has 0 bridgehead atoms. The first-order valence-electron chi connectivity index (χ1n) is 15.0. The minimum absolute atomic E-state index is 0.191. The number of aliphatic hydroxyl groups is 1. The highest BCUT2D eigenvalue weighted by atomic mass is 35.5. The number of hydrogen-bond acceptors (Lipinski definition) is 10. The monoisotopic (exact) mass is 689 g/mol. The first kappa shape index (κ1) is 34.7. The smallest absolute Gasteiger partial charge is 0.360 e. The number of benzene rings is 2. The Balaban J connectivity index is 1.42. The molecule has 0 spiro atoms. The number of pyridine rings is 1. The highest BCUT2D eigenvalue weighted by Crippen LogP contribution is 2.45. The van der Waals surface area contributed by atoms with Crippen LogP contribution >= 0.6 is 19.2 Å². The van der Waals surface area contributed by atoms with Crippen LogP contribution < -0.4 is 10.0 Å². The molecule has 0 amide bonds. The second-order valence-electron chi connectivity index (χ2n) is 12.3. The van der Waals surface area contributed by atoms with Crippen LogP contribution in [0.2, 0.25) is 30.7 Å². The Bertz CT molecular complexity index is 1670. The molecule has 248 valence electrons. The van der Waals surface area contributed by atoms with Gasteiger partial charge in [-0.15, -0.1) is 0 Å². The number of methoxy groups -OCH3 is 1. The van der Waals surface area contributed by atoms with E-state index in [1.165, 1.54) is 14.2 Å². The number of aliphatic hydroxyl groups excluding tert-OH is 1. The molecular formula is C32H41ClN3O8PSi. The van der Waals surface area contributed by atoms with Crippen LogP contribution in [0, 0.1) is 0 Å². The molecule has 2 aromatic carbocycles. The lowest BCUT2D eigenvalue weighted by Crippen LogP contribution is -2.36. The van der Waals surface area contributed by atoms with Crippen molar-refractivity contribution < 1.29 is 37.7 Å². The normalized spacial score (nSPS) is 18.8. The average molecular weight is 690 g/mol. The van der Waals surface area contributed by atoms with Crippen LogP contribution in [-0.4, -0.2) is 87.2 Å². The third-order valence-corrected chi connectivity index (χ3v) is 11.7. The van der Waals surface area contributed by atoms with Crippen LogP contribution in [0.3, 0.4) is 0 Å². The second kappa shape index (κ2) is 14.6. The predicted molar refractivity (Wildman–Crippen MR) is 181 cm³/mol. The maximum absolute atomic E-state index is 12.7. The van der Waals surface area contributed by atoms with Gasteiger partial charge < -0.3 is 33.1 Å². The zero-order valence-corrected chi connectivity index (χ0v) is 29.6. The van der Waals surface area contributed by atoms with E-state index in [2.05, 4.69) is 19.6 Å². The summed E-state index contributed by atoms with van der Waals surface area (Å²) in [7, 11) is -0.327. The van der Waals surface area contributed by atoms with Crippen LogP contribution in [0.25, 0.3) is 33.5 Å². The van der Waals surface area contributed by atoms with Crippen molar-refractivity contribution in [3.8, 4) is 28.4 Å². The fourth-order valence-electron chi connectivity index (χ4n) is 5.10. The van der Waals surface area contributed by atoms with Gasteiger partial charge in [-0.1, -0.05) is 67.6 Å². The van der Waals surface area contributed by atoms with Gasteiger partial charge in [-0.2, -0.15) is 4.98 Å². The SMILES string of the molecule is COC[C@H]1OC[C@H](Oc2nc3nc(-c4ccc(-c5ccc(P(=O)(OC)OC)cc5)cc4)c(Cl)cc3n2COCC[Si](C)(C)C)[C@@H]1O. The molecule has 2 aromatic heterocycles. The average Bonchev–Trinajstić information content (AvgIpc) is 3.56. The van der Waals surface area contributed by atoms with Crippen molar-refractivity contribution in [3.63, 3.8) is 0 Å². The maximum Gasteiger partial charge on any atom is 0.360 e. The van der Waals surface area contributed by atoms with Gasteiger partial charge in [0.05, 0.1) is 34.8 Å². The summed E-state index contributed by atoms with van der Waals surface area (Å²) in [5.41, 5.74) is 4.35. The van der Waals surface area contributed by atoms with Crippen LogP contribution in [-0.2, 0) is 34.6 Å². The highest BCUT2D eigenvalue weighted by molar-refractivity contribution is 7.62. The van der Waals surface area contributed by atoms with Gasteiger partial charge in [-0.05, 0) is 35.4 Å². The minimum Gasteiger partial charge on any atom is -0.456 e. The number of hydrogen-bond donors (Lipinski definition) is 1. The van der Waals surface area contributed by atoms with E-state index in [1.807, 2.05) is 42.5 Å². The second-order valence-corrected chi connectivity index (χ2v) is 20.6. The van der Waals surface area contributed by atoms with Gasteiger partial charge in [0.1, 0.15) is 18.9 Å². The first-order chi connectivity index (χ1) is 22.0. The molecule has 0 aliphatic carbocycles. The van der Waals surface area contributed by atoms with Gasteiger partial charge in [-0.25, -0.2) is 4.98 Å². The number of halogens is 1. The summed E-state index contributed by atoms with van der Waals surface area (Å²) in [5.74, 6) is 0. The fourth-order valence-corrected chi connectivity index (χ4v) is 7.20. The van der Waals surface area contributed by atoms with Crippen molar-refractivity contribution in [2.24, 2.45) is 0 Å². The van der Waals surface area contributed by atoms with Crippen molar-refractivity contribution in [1.29, 1.82) is 0 Å². The molecular weight excluding hydrogens is 649 g/mol. The van der Waals surface area contributed by atoms with Crippen molar-refractivity contribution in [1.82, 2.24) is 14.5 Å². The summed E-state index contributed by atoms with van der Waals surface area (Å²) in [5, 5.41) is 11.7. The molecule has 0 unspecified atom stereocenters. The fraction of sp³-hybridized carbons (Fsp3) is 0.438. The molecule has 11 nitrogen and oxygen atoms in total. The first-order valence-corrected chi connectivity index (χ1v) is 20.6. The Morgan fingerprint density at radius 1 is 1.00 bits per heavy atom. The third kappa shape index (κ3) is 7.73.